The molecule has 3 N–H and O–H groups in total. The molecule has 4 unspecified atom stereocenters. The fourth-order valence-corrected chi connectivity index (χ4v) is 5.02. The van der Waals surface area contributed by atoms with E-state index in [-0.39, 0.29) is 37.5 Å². The van der Waals surface area contributed by atoms with Crippen molar-refractivity contribution in [2.45, 2.75) is 63.5 Å². The van der Waals surface area contributed by atoms with Gasteiger partial charge in [0.1, 0.15) is 17.8 Å². The van der Waals surface area contributed by atoms with Gasteiger partial charge in [-0.1, -0.05) is 24.3 Å². The van der Waals surface area contributed by atoms with Gasteiger partial charge in [-0.15, -0.1) is 0 Å². The van der Waals surface area contributed by atoms with Crippen molar-refractivity contribution in [1.29, 1.82) is 0 Å². The Morgan fingerprint density at radius 2 is 1.42 bits per heavy atom. The maximum atomic E-state index is 12.3. The minimum Gasteiger partial charge on any atom is -0.472 e. The monoisotopic (exact) mass is 590 g/mol. The van der Waals surface area contributed by atoms with Crippen LogP contribution in [-0.4, -0.2) is 97.3 Å². The highest BCUT2D eigenvalue weighted by Crippen LogP contribution is 2.25. The van der Waals surface area contributed by atoms with E-state index < -0.39 is 11.7 Å². The predicted octanol–water partition coefficient (Wildman–Crippen LogP) is 3.11. The van der Waals surface area contributed by atoms with Gasteiger partial charge in [0.05, 0.1) is 60.3 Å². The van der Waals surface area contributed by atoms with Gasteiger partial charge in [0.2, 0.25) is 11.8 Å². The second kappa shape index (κ2) is 13.4. The zero-order valence-electron chi connectivity index (χ0n) is 24.6. The maximum Gasteiger partial charge on any atom is 0.410 e. The number of fused-ring (bicyclic) bond motifs is 2. The smallest absolute Gasteiger partial charge is 0.410 e. The number of carbonyl (C=O) groups excluding carboxylic acids is 1. The lowest BCUT2D eigenvalue weighted by Gasteiger charge is -2.27. The van der Waals surface area contributed by atoms with Crippen molar-refractivity contribution in [1.82, 2.24) is 30.2 Å². The zero-order chi connectivity index (χ0) is 30.4. The summed E-state index contributed by atoms with van der Waals surface area (Å²) in [6, 6.07) is 15.0. The van der Waals surface area contributed by atoms with Gasteiger partial charge in [-0.3, -0.25) is 4.90 Å². The van der Waals surface area contributed by atoms with Crippen LogP contribution in [0.5, 0.6) is 11.8 Å². The number of ether oxygens (including phenoxy) is 3. The molecule has 12 heteroatoms. The van der Waals surface area contributed by atoms with Gasteiger partial charge < -0.3 is 29.7 Å². The van der Waals surface area contributed by atoms with E-state index in [9.17, 15) is 9.90 Å². The topological polar surface area (TPSA) is 152 Å². The molecule has 43 heavy (non-hydrogen) atoms. The van der Waals surface area contributed by atoms with Crippen molar-refractivity contribution in [3.63, 3.8) is 0 Å². The highest BCUT2D eigenvalue weighted by molar-refractivity contribution is 5.74. The van der Waals surface area contributed by atoms with Crippen molar-refractivity contribution in [2.24, 2.45) is 0 Å². The highest BCUT2D eigenvalue weighted by Gasteiger charge is 2.38. The molecule has 2 saturated heterocycles. The molecule has 4 atom stereocenters. The molecular weight excluding hydrogens is 552 g/mol. The first-order valence-electron chi connectivity index (χ1n) is 14.4. The number of nitrogens with one attached hydrogen (secondary N) is 1. The summed E-state index contributed by atoms with van der Waals surface area (Å²) < 4.78 is 17.1. The molecule has 6 rings (SSSR count). The van der Waals surface area contributed by atoms with Crippen LogP contribution >= 0.6 is 0 Å². The Hall–Kier alpha value is -4.13. The van der Waals surface area contributed by atoms with E-state index in [1.807, 2.05) is 69.3 Å². The maximum absolute atomic E-state index is 12.3. The minimum absolute atomic E-state index is 0.0533. The molecule has 2 aromatic carbocycles. The molecule has 12 nitrogen and oxygen atoms in total. The summed E-state index contributed by atoms with van der Waals surface area (Å²) in [7, 11) is 0. The van der Waals surface area contributed by atoms with Crippen molar-refractivity contribution in [3.8, 4) is 11.8 Å². The summed E-state index contributed by atoms with van der Waals surface area (Å²) in [6.45, 7) is 6.52. The van der Waals surface area contributed by atoms with Crippen LogP contribution in [0.1, 0.15) is 33.6 Å². The summed E-state index contributed by atoms with van der Waals surface area (Å²) in [6.07, 6.45) is 3.89. The lowest BCUT2D eigenvalue weighted by molar-refractivity contribution is 0.0165. The van der Waals surface area contributed by atoms with Gasteiger partial charge in [0.15, 0.2) is 0 Å². The molecule has 2 aromatic heterocycles. The number of aliphatic hydroxyl groups is 2. The number of amides is 1. The van der Waals surface area contributed by atoms with E-state index in [0.29, 0.717) is 24.7 Å². The van der Waals surface area contributed by atoms with Crippen LogP contribution in [0.4, 0.5) is 4.79 Å². The third kappa shape index (κ3) is 8.04. The summed E-state index contributed by atoms with van der Waals surface area (Å²) >= 11 is 0. The van der Waals surface area contributed by atoms with Crippen LogP contribution in [0.15, 0.2) is 60.9 Å². The van der Waals surface area contributed by atoms with Crippen LogP contribution < -0.4 is 14.8 Å². The number of benzene rings is 2. The molecule has 1 amide bonds. The molecule has 0 spiro atoms. The first-order chi connectivity index (χ1) is 20.7. The van der Waals surface area contributed by atoms with Crippen molar-refractivity contribution < 1.29 is 29.2 Å². The van der Waals surface area contributed by atoms with Crippen LogP contribution in [0.2, 0.25) is 0 Å². The number of hydrogen-bond acceptors (Lipinski definition) is 11. The molecule has 0 saturated carbocycles. The van der Waals surface area contributed by atoms with Crippen molar-refractivity contribution in [2.75, 3.05) is 26.3 Å². The summed E-state index contributed by atoms with van der Waals surface area (Å²) in [4.78, 5) is 31.3. The van der Waals surface area contributed by atoms with Gasteiger partial charge >= 0.3 is 6.09 Å². The fraction of sp³-hybridized carbons (Fsp3) is 0.452. The Morgan fingerprint density at radius 3 is 1.93 bits per heavy atom. The molecule has 2 aliphatic heterocycles. The first-order valence-corrected chi connectivity index (χ1v) is 14.4. The van der Waals surface area contributed by atoms with Gasteiger partial charge in [0, 0.05) is 25.4 Å². The minimum atomic E-state index is -0.583. The highest BCUT2D eigenvalue weighted by atomic mass is 16.6. The number of likely N-dealkylation sites (tertiary alicyclic amines) is 1. The predicted molar refractivity (Wildman–Crippen MR) is 160 cm³/mol. The Bertz CT molecular complexity index is 1530. The molecule has 2 fully saturated rings. The average molecular weight is 591 g/mol. The number of nitrogens with zero attached hydrogens (tertiary/aromatic N) is 5. The molecule has 4 aromatic rings. The zero-order valence-corrected chi connectivity index (χ0v) is 24.6. The molecule has 228 valence electrons. The Morgan fingerprint density at radius 1 is 0.860 bits per heavy atom. The van der Waals surface area contributed by atoms with Gasteiger partial charge in [-0.05, 0) is 45.0 Å². The Kier molecular flexibility index (Phi) is 9.49. The number of aromatic nitrogens is 4. The van der Waals surface area contributed by atoms with E-state index in [1.54, 1.807) is 12.4 Å². The van der Waals surface area contributed by atoms with E-state index in [0.717, 1.165) is 35.0 Å². The standard InChI is InChI=1S/C18H23N3O4.C13H15N3O2/c1-18(2,3)25-17(23)21-10-13(8-12(21)11-22)24-16-9-19-14-6-4-5-7-15(14)20-16;17-8-9-5-10(6-14-9)18-13-7-15-11-3-1-2-4-12(11)16-13/h4-7,9,12-13,22H,8,10-11H2,1-3H3;1-4,7,9-10,14,17H,5-6,8H2. The number of aliphatic hydroxyl groups excluding tert-OH is 2. The summed E-state index contributed by atoms with van der Waals surface area (Å²) in [5.74, 6) is 0.950. The van der Waals surface area contributed by atoms with Crippen molar-refractivity contribution >= 4 is 28.2 Å². The third-order valence-electron chi connectivity index (χ3n) is 7.04. The SMILES string of the molecule is CC(C)(C)OC(=O)N1CC(Oc2cnc3ccccc3n2)CC1CO.OCC1CC(Oc2cnc3ccccc3n2)CN1. The Balaban J connectivity index is 0.000000180. The van der Waals surface area contributed by atoms with Crippen LogP contribution in [0, 0.1) is 0 Å². The lowest BCUT2D eigenvalue weighted by Crippen LogP contribution is -2.41. The molecule has 4 heterocycles. The fourth-order valence-electron chi connectivity index (χ4n) is 5.02. The molecule has 0 aliphatic carbocycles. The van der Waals surface area contributed by atoms with E-state index >= 15 is 0 Å². The van der Waals surface area contributed by atoms with E-state index in [1.165, 1.54) is 4.90 Å². The van der Waals surface area contributed by atoms with E-state index in [2.05, 4.69) is 25.3 Å². The second-order valence-corrected chi connectivity index (χ2v) is 11.6. The normalized spacial score (nSPS) is 21.8. The van der Waals surface area contributed by atoms with Crippen LogP contribution in [0.3, 0.4) is 0 Å². The second-order valence-electron chi connectivity index (χ2n) is 11.6. The van der Waals surface area contributed by atoms with Crippen LogP contribution in [-0.2, 0) is 4.74 Å². The Labute approximate surface area is 250 Å². The molecule has 2 aliphatic rings. The van der Waals surface area contributed by atoms with Gasteiger partial charge in [0.25, 0.3) is 0 Å². The number of para-hydroxylation sites is 4. The number of hydrogen-bond donors (Lipinski definition) is 3. The molecular formula is C31H38N6O6. The van der Waals surface area contributed by atoms with Crippen LogP contribution in [0.25, 0.3) is 22.1 Å². The number of rotatable bonds is 6. The third-order valence-corrected chi connectivity index (χ3v) is 7.04. The van der Waals surface area contributed by atoms with E-state index in [4.69, 9.17) is 19.3 Å². The largest absolute Gasteiger partial charge is 0.472 e. The quantitative estimate of drug-likeness (QED) is 0.304. The number of carbonyl (C=O) groups is 1. The van der Waals surface area contributed by atoms with Crippen molar-refractivity contribution in [3.05, 3.63) is 60.9 Å². The summed E-state index contributed by atoms with van der Waals surface area (Å²) in [5, 5.41) is 21.8. The first kappa shape index (κ1) is 30.3. The lowest BCUT2D eigenvalue weighted by atomic mass is 10.2. The van der Waals surface area contributed by atoms with Gasteiger partial charge in [-0.25, -0.2) is 24.7 Å². The average Bonchev–Trinajstić information content (AvgIpc) is 3.63. The van der Waals surface area contributed by atoms with Gasteiger partial charge in [-0.2, -0.15) is 0 Å². The molecule has 0 radical (unpaired) electrons. The molecule has 0 bridgehead atoms. The summed E-state index contributed by atoms with van der Waals surface area (Å²) in [5.41, 5.74) is 2.66.